The Balaban J connectivity index is 1.73. The van der Waals surface area contributed by atoms with Gasteiger partial charge in [-0.2, -0.15) is 0 Å². The third-order valence-electron chi connectivity index (χ3n) is 4.55. The number of rotatable bonds is 3. The van der Waals surface area contributed by atoms with Gasteiger partial charge in [0.2, 0.25) is 0 Å². The van der Waals surface area contributed by atoms with Crippen LogP contribution in [0, 0.1) is 0 Å². The molecule has 0 aromatic heterocycles. The molecule has 0 aliphatic carbocycles. The van der Waals surface area contributed by atoms with Crippen LogP contribution in [0.1, 0.15) is 32.6 Å². The van der Waals surface area contributed by atoms with Gasteiger partial charge < -0.3 is 9.64 Å². The van der Waals surface area contributed by atoms with E-state index in [4.69, 9.17) is 4.74 Å². The van der Waals surface area contributed by atoms with Crippen LogP contribution in [0.5, 0.6) is 5.75 Å². The summed E-state index contributed by atoms with van der Waals surface area (Å²) in [6, 6.07) is 9.34. The number of piperidine rings is 1. The molecule has 110 valence electrons. The Labute approximate surface area is 122 Å². The molecular weight excluding hydrogens is 248 g/mol. The Hall–Kier alpha value is -1.22. The fourth-order valence-corrected chi connectivity index (χ4v) is 3.54. The highest BCUT2D eigenvalue weighted by Gasteiger charge is 2.27. The molecule has 1 atom stereocenters. The van der Waals surface area contributed by atoms with Crippen molar-refractivity contribution in [3.8, 4) is 5.75 Å². The van der Waals surface area contributed by atoms with Crippen molar-refractivity contribution in [3.63, 3.8) is 0 Å². The molecule has 3 rings (SSSR count). The summed E-state index contributed by atoms with van der Waals surface area (Å²) in [7, 11) is 0. The van der Waals surface area contributed by atoms with E-state index in [-0.39, 0.29) is 0 Å². The summed E-state index contributed by atoms with van der Waals surface area (Å²) in [4.78, 5) is 5.26. The molecule has 2 aliphatic rings. The van der Waals surface area contributed by atoms with E-state index in [0.29, 0.717) is 0 Å². The van der Waals surface area contributed by atoms with E-state index >= 15 is 0 Å². The molecule has 1 aromatic carbocycles. The monoisotopic (exact) mass is 274 g/mol. The molecular formula is C17H26N2O. The highest BCUT2D eigenvalue weighted by atomic mass is 16.5. The first-order valence-electron chi connectivity index (χ1n) is 8.08. The minimum absolute atomic E-state index is 0.736. The van der Waals surface area contributed by atoms with Gasteiger partial charge in [0.1, 0.15) is 5.75 Å². The molecule has 2 aliphatic heterocycles. The zero-order valence-electron chi connectivity index (χ0n) is 12.6. The summed E-state index contributed by atoms with van der Waals surface area (Å²) < 4.78 is 5.64. The van der Waals surface area contributed by atoms with Crippen LogP contribution in [0.25, 0.3) is 0 Å². The number of ether oxygens (including phenoxy) is 1. The standard InChI is InChI=1S/C17H26N2O/c1-2-20-17-9-5-8-15(13-17)19-12-6-11-18-10-4-3-7-16(18)14-19/h5,8-9,13,16H,2-4,6-7,10-12,14H2,1H3. The van der Waals surface area contributed by atoms with Gasteiger partial charge in [0, 0.05) is 37.4 Å². The lowest BCUT2D eigenvalue weighted by Gasteiger charge is -2.35. The normalized spacial score (nSPS) is 24.1. The van der Waals surface area contributed by atoms with Gasteiger partial charge in [-0.3, -0.25) is 4.90 Å². The number of hydrogen-bond acceptors (Lipinski definition) is 3. The highest BCUT2D eigenvalue weighted by Crippen LogP contribution is 2.26. The lowest BCUT2D eigenvalue weighted by molar-refractivity contribution is 0.162. The lowest BCUT2D eigenvalue weighted by Crippen LogP contribution is -2.44. The second-order valence-corrected chi connectivity index (χ2v) is 5.92. The van der Waals surface area contributed by atoms with Crippen molar-refractivity contribution in [1.29, 1.82) is 0 Å². The number of fused-ring (bicyclic) bond motifs is 1. The molecule has 1 unspecified atom stereocenters. The molecule has 0 radical (unpaired) electrons. The van der Waals surface area contributed by atoms with Crippen LogP contribution in [-0.4, -0.2) is 43.7 Å². The molecule has 0 N–H and O–H groups in total. The van der Waals surface area contributed by atoms with Gasteiger partial charge in [-0.1, -0.05) is 12.5 Å². The molecule has 1 aromatic rings. The largest absolute Gasteiger partial charge is 0.494 e. The average Bonchev–Trinajstić information content (AvgIpc) is 2.70. The average molecular weight is 274 g/mol. The lowest BCUT2D eigenvalue weighted by atomic mass is 10.0. The van der Waals surface area contributed by atoms with Gasteiger partial charge in [-0.25, -0.2) is 0 Å². The Kier molecular flexibility index (Phi) is 4.46. The molecule has 2 fully saturated rings. The topological polar surface area (TPSA) is 15.7 Å². The molecule has 0 amide bonds. The highest BCUT2D eigenvalue weighted by molar-refractivity contribution is 5.51. The van der Waals surface area contributed by atoms with Crippen LogP contribution in [0.2, 0.25) is 0 Å². The minimum Gasteiger partial charge on any atom is -0.494 e. The van der Waals surface area contributed by atoms with E-state index in [1.807, 2.05) is 6.92 Å². The maximum Gasteiger partial charge on any atom is 0.121 e. The molecule has 20 heavy (non-hydrogen) atoms. The summed E-state index contributed by atoms with van der Waals surface area (Å²) in [5.41, 5.74) is 1.32. The van der Waals surface area contributed by atoms with Crippen LogP contribution in [0.15, 0.2) is 24.3 Å². The van der Waals surface area contributed by atoms with Gasteiger partial charge in [-0.15, -0.1) is 0 Å². The maximum absolute atomic E-state index is 5.64. The van der Waals surface area contributed by atoms with Crippen LogP contribution in [0.4, 0.5) is 5.69 Å². The molecule has 3 heteroatoms. The van der Waals surface area contributed by atoms with Crippen molar-refractivity contribution >= 4 is 5.69 Å². The SMILES string of the molecule is CCOc1cccc(N2CCCN3CCCCC3C2)c1. The van der Waals surface area contributed by atoms with Crippen molar-refractivity contribution in [1.82, 2.24) is 4.90 Å². The van der Waals surface area contributed by atoms with E-state index in [1.165, 1.54) is 57.5 Å². The molecule has 0 saturated carbocycles. The first kappa shape index (κ1) is 13.7. The van der Waals surface area contributed by atoms with Gasteiger partial charge >= 0.3 is 0 Å². The Bertz CT molecular complexity index is 435. The second kappa shape index (κ2) is 6.49. The molecule has 0 bridgehead atoms. The van der Waals surface area contributed by atoms with E-state index < -0.39 is 0 Å². The summed E-state index contributed by atoms with van der Waals surface area (Å²) in [6.07, 6.45) is 5.42. The molecule has 2 heterocycles. The predicted octanol–water partition coefficient (Wildman–Crippen LogP) is 3.15. The van der Waals surface area contributed by atoms with Gasteiger partial charge in [0.25, 0.3) is 0 Å². The van der Waals surface area contributed by atoms with Crippen LogP contribution in [-0.2, 0) is 0 Å². The molecule has 3 nitrogen and oxygen atoms in total. The zero-order chi connectivity index (χ0) is 13.8. The molecule has 0 spiro atoms. The smallest absolute Gasteiger partial charge is 0.121 e. The Morgan fingerprint density at radius 1 is 1.15 bits per heavy atom. The Morgan fingerprint density at radius 2 is 2.05 bits per heavy atom. The number of benzene rings is 1. The third-order valence-corrected chi connectivity index (χ3v) is 4.55. The summed E-state index contributed by atoms with van der Waals surface area (Å²) in [5.74, 6) is 0.995. The summed E-state index contributed by atoms with van der Waals surface area (Å²) >= 11 is 0. The minimum atomic E-state index is 0.736. The van der Waals surface area contributed by atoms with E-state index in [9.17, 15) is 0 Å². The molecule has 2 saturated heterocycles. The first-order valence-corrected chi connectivity index (χ1v) is 8.08. The number of nitrogens with zero attached hydrogens (tertiary/aromatic N) is 2. The number of hydrogen-bond donors (Lipinski definition) is 0. The number of anilines is 1. The predicted molar refractivity (Wildman–Crippen MR) is 83.7 cm³/mol. The summed E-state index contributed by atoms with van der Waals surface area (Å²) in [5, 5.41) is 0. The van der Waals surface area contributed by atoms with E-state index in [1.54, 1.807) is 0 Å². The van der Waals surface area contributed by atoms with Crippen molar-refractivity contribution in [3.05, 3.63) is 24.3 Å². The van der Waals surface area contributed by atoms with Crippen LogP contribution < -0.4 is 9.64 Å². The van der Waals surface area contributed by atoms with Crippen LogP contribution in [0.3, 0.4) is 0 Å². The second-order valence-electron chi connectivity index (χ2n) is 5.92. The van der Waals surface area contributed by atoms with Crippen LogP contribution >= 0.6 is 0 Å². The quantitative estimate of drug-likeness (QED) is 0.842. The first-order chi connectivity index (χ1) is 9.86. The van der Waals surface area contributed by atoms with Gasteiger partial charge in [0.15, 0.2) is 0 Å². The fraction of sp³-hybridized carbons (Fsp3) is 0.647. The van der Waals surface area contributed by atoms with E-state index in [2.05, 4.69) is 34.1 Å². The third kappa shape index (κ3) is 3.09. The van der Waals surface area contributed by atoms with Crippen molar-refractivity contribution in [2.45, 2.75) is 38.6 Å². The fourth-order valence-electron chi connectivity index (χ4n) is 3.54. The van der Waals surface area contributed by atoms with Crippen molar-refractivity contribution < 1.29 is 4.74 Å². The maximum atomic E-state index is 5.64. The Morgan fingerprint density at radius 3 is 2.95 bits per heavy atom. The van der Waals surface area contributed by atoms with Crippen molar-refractivity contribution in [2.24, 2.45) is 0 Å². The van der Waals surface area contributed by atoms with Crippen molar-refractivity contribution in [2.75, 3.05) is 37.7 Å². The van der Waals surface area contributed by atoms with E-state index in [0.717, 1.165) is 18.4 Å². The summed E-state index contributed by atoms with van der Waals surface area (Å²) in [6.45, 7) is 7.69. The van der Waals surface area contributed by atoms with Gasteiger partial charge in [0.05, 0.1) is 6.61 Å². The zero-order valence-corrected chi connectivity index (χ0v) is 12.6. The van der Waals surface area contributed by atoms with Gasteiger partial charge in [-0.05, 0) is 44.9 Å².